The van der Waals surface area contributed by atoms with Crippen LogP contribution in [0.15, 0.2) is 89.9 Å². The molecule has 0 aliphatic carbocycles. The largest absolute Gasteiger partial charge is 0.459 e. The summed E-state index contributed by atoms with van der Waals surface area (Å²) in [7, 11) is 0. The number of amides is 2. The van der Waals surface area contributed by atoms with Crippen molar-refractivity contribution in [2.75, 3.05) is 11.2 Å². The number of nitrogens with two attached hydrogens (primary N) is 1. The summed E-state index contributed by atoms with van der Waals surface area (Å²) in [5, 5.41) is 2.80. The Morgan fingerprint density at radius 1 is 0.952 bits per heavy atom. The minimum absolute atomic E-state index is 0.128. The van der Waals surface area contributed by atoms with E-state index in [9.17, 15) is 22.8 Å². The lowest BCUT2D eigenvalue weighted by molar-refractivity contribution is -0.136. The van der Waals surface area contributed by atoms with Crippen LogP contribution in [0.25, 0.3) is 28.2 Å². The fraction of sp³-hybridized carbons (Fsp3) is 0.0690. The number of hydrogen-bond donors (Lipinski definition) is 4. The van der Waals surface area contributed by atoms with Gasteiger partial charge in [0.2, 0.25) is 5.91 Å². The number of anilines is 2. The maximum Gasteiger partial charge on any atom is 0.420 e. The number of furan rings is 1. The number of pyridine rings is 1. The summed E-state index contributed by atoms with van der Waals surface area (Å²) in [5.74, 6) is -0.122. The first-order chi connectivity index (χ1) is 20.2. The van der Waals surface area contributed by atoms with Gasteiger partial charge in [-0.15, -0.1) is 0 Å². The molecule has 0 spiro atoms. The predicted octanol–water partition coefficient (Wildman–Crippen LogP) is 4.97. The van der Waals surface area contributed by atoms with Crippen LogP contribution < -0.4 is 21.9 Å². The second kappa shape index (κ2) is 11.8. The number of hydrazine groups is 1. The smallest absolute Gasteiger partial charge is 0.420 e. The van der Waals surface area contributed by atoms with Gasteiger partial charge in [0.1, 0.15) is 17.2 Å². The van der Waals surface area contributed by atoms with E-state index in [2.05, 4.69) is 31.1 Å². The molecule has 3 heterocycles. The topological polar surface area (TPSA) is 148 Å². The summed E-state index contributed by atoms with van der Waals surface area (Å²) in [6.07, 6.45) is 3.95. The van der Waals surface area contributed by atoms with Crippen LogP contribution in [-0.4, -0.2) is 26.8 Å². The first kappa shape index (κ1) is 27.8. The van der Waals surface area contributed by atoms with Crippen LogP contribution >= 0.6 is 0 Å². The minimum atomic E-state index is -4.70. The molecule has 42 heavy (non-hydrogen) atoms. The highest BCUT2D eigenvalue weighted by atomic mass is 19.4. The van der Waals surface area contributed by atoms with Crippen LogP contribution in [0.2, 0.25) is 0 Å². The first-order valence-electron chi connectivity index (χ1n) is 12.4. The zero-order chi connectivity index (χ0) is 29.7. The number of alkyl halides is 3. The molecule has 10 nitrogen and oxygen atoms in total. The molecule has 0 aliphatic rings. The lowest BCUT2D eigenvalue weighted by Crippen LogP contribution is -2.29. The molecule has 0 saturated heterocycles. The molecule has 5 aromatic rings. The molecule has 0 aliphatic heterocycles. The summed E-state index contributed by atoms with van der Waals surface area (Å²) in [6, 6.07) is 13.3. The molecule has 0 radical (unpaired) electrons. The van der Waals surface area contributed by atoms with E-state index in [1.165, 1.54) is 55.1 Å². The third-order valence-corrected chi connectivity index (χ3v) is 5.99. The molecule has 0 bridgehead atoms. The number of halogens is 3. The van der Waals surface area contributed by atoms with E-state index in [0.717, 1.165) is 6.07 Å². The quantitative estimate of drug-likeness (QED) is 0.150. The van der Waals surface area contributed by atoms with Crippen molar-refractivity contribution in [2.45, 2.75) is 12.7 Å². The van der Waals surface area contributed by atoms with E-state index in [-0.39, 0.29) is 34.4 Å². The number of carbonyl (C=O) groups excluding carboxylic acids is 2. The second-order valence-corrected chi connectivity index (χ2v) is 8.97. The highest BCUT2D eigenvalue weighted by Gasteiger charge is 2.35. The molecule has 3 aromatic heterocycles. The normalized spacial score (nSPS) is 11.5. The number of benzene rings is 2. The van der Waals surface area contributed by atoms with E-state index < -0.39 is 23.6 Å². The van der Waals surface area contributed by atoms with E-state index in [1.54, 1.807) is 30.3 Å². The molecular weight excluding hydrogens is 551 g/mol. The van der Waals surface area contributed by atoms with Crippen molar-refractivity contribution in [3.63, 3.8) is 0 Å². The van der Waals surface area contributed by atoms with Crippen molar-refractivity contribution in [3.8, 4) is 11.1 Å². The van der Waals surface area contributed by atoms with Gasteiger partial charge in [-0.05, 0) is 65.2 Å². The van der Waals surface area contributed by atoms with Gasteiger partial charge < -0.3 is 15.5 Å². The van der Waals surface area contributed by atoms with Crippen LogP contribution in [0.3, 0.4) is 0 Å². The van der Waals surface area contributed by atoms with Crippen LogP contribution in [0.4, 0.5) is 24.8 Å². The lowest BCUT2D eigenvalue weighted by atomic mass is 9.99. The second-order valence-electron chi connectivity index (χ2n) is 8.97. The summed E-state index contributed by atoms with van der Waals surface area (Å²) >= 11 is 0. The number of nitrogens with one attached hydrogen (secondary N) is 3. The van der Waals surface area contributed by atoms with Gasteiger partial charge in [-0.3, -0.25) is 25.4 Å². The van der Waals surface area contributed by atoms with Gasteiger partial charge in [0, 0.05) is 35.6 Å². The van der Waals surface area contributed by atoms with Gasteiger partial charge in [0.05, 0.1) is 18.3 Å². The standard InChI is InChI=1S/C29H22F3N7O3/c30-29(31,32)23-13-20(18-3-5-19(6-4-18)28(41)39-38-25-16-34-9-10-35-25)11-21-12-22(42-27(21)23)15-37-26(40)8-2-17-1-7-24(33)36-14-17/h1-14,16H,15H2,(H2,33,36)(H,35,38)(H,37,40)(H,39,41)/b8-2+. The lowest BCUT2D eigenvalue weighted by Gasteiger charge is -2.11. The molecule has 0 fully saturated rings. The van der Waals surface area contributed by atoms with Crippen LogP contribution in [0.1, 0.15) is 27.2 Å². The van der Waals surface area contributed by atoms with Gasteiger partial charge >= 0.3 is 6.18 Å². The van der Waals surface area contributed by atoms with Gasteiger partial charge in [0.25, 0.3) is 5.91 Å². The zero-order valence-corrected chi connectivity index (χ0v) is 21.6. The van der Waals surface area contributed by atoms with E-state index in [4.69, 9.17) is 10.2 Å². The van der Waals surface area contributed by atoms with E-state index in [0.29, 0.717) is 22.8 Å². The summed E-state index contributed by atoms with van der Waals surface area (Å²) < 4.78 is 47.5. The minimum Gasteiger partial charge on any atom is -0.459 e. The molecule has 2 amide bonds. The number of nitrogen functional groups attached to an aromatic ring is 1. The molecule has 0 atom stereocenters. The van der Waals surface area contributed by atoms with Crippen molar-refractivity contribution >= 4 is 40.5 Å². The molecule has 5 rings (SSSR count). The summed E-state index contributed by atoms with van der Waals surface area (Å²) in [5.41, 5.74) is 11.0. The highest BCUT2D eigenvalue weighted by Crippen LogP contribution is 2.39. The molecule has 2 aromatic carbocycles. The Kier molecular flexibility index (Phi) is 7.82. The van der Waals surface area contributed by atoms with Gasteiger partial charge in [0.15, 0.2) is 5.82 Å². The highest BCUT2D eigenvalue weighted by molar-refractivity contribution is 5.95. The Hall–Kier alpha value is -5.72. The third kappa shape index (κ3) is 6.70. The Bertz CT molecular complexity index is 1750. The number of hydrogen-bond acceptors (Lipinski definition) is 8. The number of fused-ring (bicyclic) bond motifs is 1. The van der Waals surface area contributed by atoms with Gasteiger partial charge in [-0.25, -0.2) is 9.97 Å². The predicted molar refractivity (Wildman–Crippen MR) is 149 cm³/mol. The number of aromatic nitrogens is 3. The SMILES string of the molecule is Nc1ccc(/C=C/C(=O)NCc2cc3cc(-c4ccc(C(=O)NNc5cnccn5)cc4)cc(C(F)(F)F)c3o2)cn1. The van der Waals surface area contributed by atoms with Crippen molar-refractivity contribution in [2.24, 2.45) is 0 Å². The fourth-order valence-corrected chi connectivity index (χ4v) is 3.96. The molecule has 0 unspecified atom stereocenters. The maximum absolute atomic E-state index is 14.0. The molecular formula is C29H22F3N7O3. The fourth-order valence-electron chi connectivity index (χ4n) is 3.96. The maximum atomic E-state index is 14.0. The molecule has 13 heteroatoms. The Morgan fingerprint density at radius 2 is 1.76 bits per heavy atom. The summed E-state index contributed by atoms with van der Waals surface area (Å²) in [6.45, 7) is -0.128. The zero-order valence-electron chi connectivity index (χ0n) is 21.6. The van der Waals surface area contributed by atoms with Gasteiger partial charge in [-0.2, -0.15) is 13.2 Å². The van der Waals surface area contributed by atoms with Crippen LogP contribution in [0.5, 0.6) is 0 Å². The van der Waals surface area contributed by atoms with Crippen molar-refractivity contribution < 1.29 is 27.2 Å². The number of nitrogens with zero attached hydrogens (tertiary/aromatic N) is 3. The Morgan fingerprint density at radius 3 is 2.45 bits per heavy atom. The molecule has 212 valence electrons. The van der Waals surface area contributed by atoms with Crippen molar-refractivity contribution in [3.05, 3.63) is 108 Å². The number of carbonyl (C=O) groups is 2. The average Bonchev–Trinajstić information content (AvgIpc) is 3.41. The first-order valence-corrected chi connectivity index (χ1v) is 12.4. The monoisotopic (exact) mass is 573 g/mol. The molecule has 0 saturated carbocycles. The molecule has 5 N–H and O–H groups in total. The van der Waals surface area contributed by atoms with Crippen molar-refractivity contribution in [1.29, 1.82) is 0 Å². The average molecular weight is 574 g/mol. The van der Waals surface area contributed by atoms with Crippen LogP contribution in [-0.2, 0) is 17.5 Å². The van der Waals surface area contributed by atoms with Crippen LogP contribution in [0, 0.1) is 0 Å². The Labute approximate surface area is 236 Å². The third-order valence-electron chi connectivity index (χ3n) is 5.99. The van der Waals surface area contributed by atoms with E-state index >= 15 is 0 Å². The number of rotatable bonds is 8. The van der Waals surface area contributed by atoms with E-state index in [1.807, 2.05) is 0 Å². The van der Waals surface area contributed by atoms with Crippen molar-refractivity contribution in [1.82, 2.24) is 25.7 Å². The van der Waals surface area contributed by atoms with Gasteiger partial charge in [-0.1, -0.05) is 12.1 Å². The Balaban J connectivity index is 1.31. The summed E-state index contributed by atoms with van der Waals surface area (Å²) in [4.78, 5) is 36.4.